The Bertz CT molecular complexity index is 8.00. The van der Waals surface area contributed by atoms with Crippen molar-refractivity contribution in [2.75, 3.05) is 0 Å². The fourth-order valence-corrected chi connectivity index (χ4v) is 0. The Morgan fingerprint density at radius 1 is 1.00 bits per heavy atom. The Labute approximate surface area is 71.0 Å². The summed E-state index contributed by atoms with van der Waals surface area (Å²) in [6.45, 7) is 0. The summed E-state index contributed by atoms with van der Waals surface area (Å²) in [5, 5.41) is 0. The molecule has 0 unspecified atom stereocenters. The molecular formula is CoCrNiW. The molecule has 0 N–H and O–H groups in total. The molecular weight excluding hydrogens is 353 g/mol. The third-order valence-corrected chi connectivity index (χ3v) is 0. The molecule has 4 heavy (non-hydrogen) atoms. The molecule has 0 fully saturated rings. The number of rotatable bonds is 0. The van der Waals surface area contributed by atoms with Gasteiger partial charge in [-0.15, -0.1) is 0 Å². The molecule has 0 aliphatic heterocycles. The van der Waals surface area contributed by atoms with Crippen molar-refractivity contribution in [3.05, 3.63) is 0 Å². The molecule has 1 radical (unpaired) electrons. The molecule has 0 spiro atoms. The zero-order chi connectivity index (χ0) is 0. The first-order valence-corrected chi connectivity index (χ1v) is 0. The van der Waals surface area contributed by atoms with Gasteiger partial charge in [0.25, 0.3) is 0 Å². The van der Waals surface area contributed by atoms with E-state index in [-0.39, 0.29) is 71.7 Å². The Hall–Kier alpha value is 2.22. The van der Waals surface area contributed by atoms with E-state index < -0.39 is 0 Å². The molecule has 0 atom stereocenters. The standard InChI is InChI=1S/Co.Cr.Ni.W. The first kappa shape index (κ1) is 34.4. The fourth-order valence-electron chi connectivity index (χ4n) is 0. The second kappa shape index (κ2) is 18.9. The van der Waals surface area contributed by atoms with Crippen LogP contribution in [0.25, 0.3) is 0 Å². The Morgan fingerprint density at radius 2 is 1.00 bits per heavy atom. The van der Waals surface area contributed by atoms with E-state index in [4.69, 9.17) is 0 Å². The smallest absolute Gasteiger partial charge is 0 e. The van der Waals surface area contributed by atoms with Gasteiger partial charge in [-0.05, 0) is 0 Å². The summed E-state index contributed by atoms with van der Waals surface area (Å²) in [5.74, 6) is 0. The first-order chi connectivity index (χ1) is 0. The van der Waals surface area contributed by atoms with E-state index >= 15 is 0 Å². The van der Waals surface area contributed by atoms with E-state index in [0.717, 1.165) is 0 Å². The summed E-state index contributed by atoms with van der Waals surface area (Å²) in [6, 6.07) is 0. The van der Waals surface area contributed by atoms with Gasteiger partial charge in [-0.2, -0.15) is 0 Å². The summed E-state index contributed by atoms with van der Waals surface area (Å²) < 4.78 is 0. The predicted octanol–water partition coefficient (Wildman–Crippen LogP) is -0.0100. The van der Waals surface area contributed by atoms with Crippen molar-refractivity contribution in [2.24, 2.45) is 0 Å². The summed E-state index contributed by atoms with van der Waals surface area (Å²) in [7, 11) is 0. The van der Waals surface area contributed by atoms with Crippen LogP contribution >= 0.6 is 0 Å². The number of hydrogen-bond donors (Lipinski definition) is 0. The molecule has 0 saturated heterocycles. The topological polar surface area (TPSA) is 0 Å². The SMILES string of the molecule is [Co].[Cr].[Ni].[W]. The van der Waals surface area contributed by atoms with Crippen LogP contribution in [0.5, 0.6) is 0 Å². The van der Waals surface area contributed by atoms with Crippen LogP contribution in [-0.4, -0.2) is 0 Å². The Kier molecular flexibility index (Phi) is 162. The molecule has 0 aromatic heterocycles. The molecule has 0 saturated carbocycles. The monoisotopic (exact) mass is 353 g/mol. The van der Waals surface area contributed by atoms with E-state index in [1.54, 1.807) is 0 Å². The van der Waals surface area contributed by atoms with Crippen LogP contribution in [0.15, 0.2) is 0 Å². The van der Waals surface area contributed by atoms with E-state index in [2.05, 4.69) is 0 Å². The van der Waals surface area contributed by atoms with Gasteiger partial charge in [-0.25, -0.2) is 0 Å². The van der Waals surface area contributed by atoms with Gasteiger partial charge >= 0.3 is 0 Å². The van der Waals surface area contributed by atoms with Gasteiger partial charge in [0, 0.05) is 71.7 Å². The van der Waals surface area contributed by atoms with Gasteiger partial charge in [0.15, 0.2) is 0 Å². The summed E-state index contributed by atoms with van der Waals surface area (Å²) >= 11 is 0. The van der Waals surface area contributed by atoms with E-state index in [1.807, 2.05) is 0 Å². The quantitative estimate of drug-likeness (QED) is 0.538. The number of hydrogen-bond acceptors (Lipinski definition) is 0. The first-order valence-electron chi connectivity index (χ1n) is 0. The van der Waals surface area contributed by atoms with Crippen molar-refractivity contribution in [2.45, 2.75) is 0 Å². The minimum absolute atomic E-state index is 0. The van der Waals surface area contributed by atoms with E-state index in [0.29, 0.717) is 0 Å². The minimum Gasteiger partial charge on any atom is 0 e. The molecule has 31 valence electrons. The van der Waals surface area contributed by atoms with E-state index in [1.165, 1.54) is 0 Å². The average molecular weight is 353 g/mol. The second-order valence-corrected chi connectivity index (χ2v) is 0. The van der Waals surface area contributed by atoms with Crippen molar-refractivity contribution in [3.63, 3.8) is 0 Å². The van der Waals surface area contributed by atoms with Crippen LogP contribution in [0, 0.1) is 0 Å². The third-order valence-electron chi connectivity index (χ3n) is 0. The largest absolute Gasteiger partial charge is 0 e. The molecule has 0 nitrogen and oxygen atoms in total. The fraction of sp³-hybridized carbons (Fsp3) is 0. The third kappa shape index (κ3) is 8.88. The Morgan fingerprint density at radius 3 is 1.00 bits per heavy atom. The summed E-state index contributed by atoms with van der Waals surface area (Å²) in [5.41, 5.74) is 0. The summed E-state index contributed by atoms with van der Waals surface area (Å²) in [6.07, 6.45) is 0. The molecule has 0 heterocycles. The van der Waals surface area contributed by atoms with Crippen molar-refractivity contribution < 1.29 is 71.7 Å². The van der Waals surface area contributed by atoms with Gasteiger partial charge in [-0.3, -0.25) is 0 Å². The van der Waals surface area contributed by atoms with Gasteiger partial charge in [0.2, 0.25) is 0 Å². The molecule has 0 bridgehead atoms. The normalized spacial score (nSPS) is 0. The predicted molar refractivity (Wildman–Crippen MR) is 0 cm³/mol. The molecule has 0 aromatic rings. The molecule has 0 rings (SSSR count). The second-order valence-electron chi connectivity index (χ2n) is 0. The van der Waals surface area contributed by atoms with Gasteiger partial charge in [0.1, 0.15) is 0 Å². The van der Waals surface area contributed by atoms with Gasteiger partial charge in [0.05, 0.1) is 0 Å². The molecule has 0 amide bonds. The average Bonchev–Trinajstić information content (AvgIpc) is 0. The van der Waals surface area contributed by atoms with Crippen molar-refractivity contribution in [3.8, 4) is 0 Å². The van der Waals surface area contributed by atoms with Crippen LogP contribution in [0.4, 0.5) is 0 Å². The molecule has 0 aliphatic rings. The van der Waals surface area contributed by atoms with Crippen LogP contribution in [0.2, 0.25) is 0 Å². The van der Waals surface area contributed by atoms with Crippen molar-refractivity contribution >= 4 is 0 Å². The molecule has 0 aromatic carbocycles. The Balaban J connectivity index is 0. The molecule has 4 heteroatoms. The maximum atomic E-state index is 0. The molecule has 0 aliphatic carbocycles. The van der Waals surface area contributed by atoms with E-state index in [9.17, 15) is 0 Å². The minimum atomic E-state index is 0. The maximum Gasteiger partial charge on any atom is 0 e. The zero-order valence-corrected chi connectivity index (χ0v) is 7.70. The van der Waals surface area contributed by atoms with Crippen LogP contribution in [0.1, 0.15) is 0 Å². The van der Waals surface area contributed by atoms with Gasteiger partial charge < -0.3 is 0 Å². The van der Waals surface area contributed by atoms with Crippen molar-refractivity contribution in [1.82, 2.24) is 0 Å². The summed E-state index contributed by atoms with van der Waals surface area (Å²) in [4.78, 5) is 0. The zero-order valence-electron chi connectivity index (χ0n) is 1.47. The van der Waals surface area contributed by atoms with Crippen LogP contribution in [-0.2, 0) is 71.7 Å². The van der Waals surface area contributed by atoms with Crippen LogP contribution in [0.3, 0.4) is 0 Å². The van der Waals surface area contributed by atoms with Crippen LogP contribution < -0.4 is 0 Å². The maximum absolute atomic E-state index is 0. The van der Waals surface area contributed by atoms with Crippen molar-refractivity contribution in [1.29, 1.82) is 0 Å². The van der Waals surface area contributed by atoms with Gasteiger partial charge in [-0.1, -0.05) is 0 Å².